The van der Waals surface area contributed by atoms with Crippen molar-refractivity contribution in [1.29, 1.82) is 0 Å². The number of thiophene rings is 1. The number of aryl methyl sites for hydroxylation is 1. The topological polar surface area (TPSA) is 63.6 Å². The first kappa shape index (κ1) is 23.9. The van der Waals surface area contributed by atoms with E-state index in [2.05, 4.69) is 29.8 Å². The number of fused-ring (bicyclic) bond motifs is 3. The first-order valence-electron chi connectivity index (χ1n) is 12.8. The van der Waals surface area contributed by atoms with Crippen molar-refractivity contribution in [2.45, 2.75) is 77.9 Å². The van der Waals surface area contributed by atoms with Gasteiger partial charge < -0.3 is 14.6 Å². The minimum absolute atomic E-state index is 0.0854. The number of nitrogens with zero attached hydrogens (tertiary/aromatic N) is 2. The van der Waals surface area contributed by atoms with Gasteiger partial charge in [0.25, 0.3) is 5.91 Å². The molecule has 7 heteroatoms. The zero-order valence-electron chi connectivity index (χ0n) is 21.1. The lowest BCUT2D eigenvalue weighted by atomic mass is 9.86. The van der Waals surface area contributed by atoms with Gasteiger partial charge in [-0.15, -0.1) is 11.3 Å². The number of benzene rings is 1. The number of nitrogens with one attached hydrogen (secondary N) is 1. The van der Waals surface area contributed by atoms with Gasteiger partial charge in [-0.25, -0.2) is 0 Å². The first-order valence-corrected chi connectivity index (χ1v) is 13.7. The lowest BCUT2D eigenvalue weighted by Crippen LogP contribution is -2.65. The smallest absolute Gasteiger partial charge is 0.275 e. The summed E-state index contributed by atoms with van der Waals surface area (Å²) in [5.74, 6) is 1.23. The summed E-state index contributed by atoms with van der Waals surface area (Å²) in [5.41, 5.74) is 1.34. The van der Waals surface area contributed by atoms with Gasteiger partial charge in [0.15, 0.2) is 0 Å². The Morgan fingerprint density at radius 2 is 1.86 bits per heavy atom. The number of rotatable bonds is 6. The van der Waals surface area contributed by atoms with Crippen LogP contribution in [0.15, 0.2) is 36.4 Å². The monoisotopic (exact) mass is 493 g/mol. The molecule has 35 heavy (non-hydrogen) atoms. The van der Waals surface area contributed by atoms with Crippen LogP contribution in [0, 0.1) is 5.92 Å². The molecular formula is C28H35N3O3S. The second-order valence-electron chi connectivity index (χ2n) is 10.2. The van der Waals surface area contributed by atoms with Gasteiger partial charge in [-0.2, -0.15) is 0 Å². The standard InChI is InChI=1S/C28H35N3O3S/c1-5-22-15-23-25(35-22)16-24-26(32)31(20-11-13-21(14-12-20)34-6-2)28(4,17-30(23)24)27(33)29-19-9-7-18(3)8-10-19/h11-16,18-19H,5-10,17H2,1-4H3,(H,29,33). The molecule has 2 amide bonds. The van der Waals surface area contributed by atoms with E-state index in [4.69, 9.17) is 4.74 Å². The maximum absolute atomic E-state index is 14.0. The van der Waals surface area contributed by atoms with Crippen LogP contribution in [-0.2, 0) is 17.8 Å². The Kier molecular flexibility index (Phi) is 6.38. The van der Waals surface area contributed by atoms with Crippen molar-refractivity contribution in [1.82, 2.24) is 9.88 Å². The zero-order chi connectivity index (χ0) is 24.7. The molecule has 0 radical (unpaired) electrons. The van der Waals surface area contributed by atoms with Crippen molar-refractivity contribution in [2.75, 3.05) is 11.5 Å². The fourth-order valence-electron chi connectivity index (χ4n) is 5.51. The molecule has 1 aromatic carbocycles. The van der Waals surface area contributed by atoms with Crippen LogP contribution in [0.3, 0.4) is 0 Å². The Balaban J connectivity index is 1.55. The summed E-state index contributed by atoms with van der Waals surface area (Å²) >= 11 is 1.73. The molecule has 1 unspecified atom stereocenters. The van der Waals surface area contributed by atoms with Crippen LogP contribution in [0.2, 0.25) is 0 Å². The summed E-state index contributed by atoms with van der Waals surface area (Å²) in [4.78, 5) is 30.9. The van der Waals surface area contributed by atoms with Crippen LogP contribution in [0.5, 0.6) is 5.75 Å². The SMILES string of the molecule is CCOc1ccc(N2C(=O)c3cc4sc(CC)cc4n3CC2(C)C(=O)NC2CCC(C)CC2)cc1. The summed E-state index contributed by atoms with van der Waals surface area (Å²) in [7, 11) is 0. The fourth-order valence-corrected chi connectivity index (χ4v) is 6.55. The number of carbonyl (C=O) groups is 2. The molecule has 2 aliphatic rings. The molecule has 1 aliphatic heterocycles. The lowest BCUT2D eigenvalue weighted by Gasteiger charge is -2.45. The van der Waals surface area contributed by atoms with Gasteiger partial charge in [-0.1, -0.05) is 13.8 Å². The maximum Gasteiger partial charge on any atom is 0.275 e. The highest BCUT2D eigenvalue weighted by molar-refractivity contribution is 7.19. The van der Waals surface area contributed by atoms with E-state index < -0.39 is 5.54 Å². The minimum atomic E-state index is -1.06. The maximum atomic E-state index is 14.0. The number of hydrogen-bond donors (Lipinski definition) is 1. The van der Waals surface area contributed by atoms with E-state index in [1.54, 1.807) is 16.2 Å². The molecule has 5 rings (SSSR count). The molecule has 0 spiro atoms. The highest BCUT2D eigenvalue weighted by Gasteiger charge is 2.49. The average molecular weight is 494 g/mol. The van der Waals surface area contributed by atoms with Gasteiger partial charge in [-0.05, 0) is 88.3 Å². The Morgan fingerprint density at radius 3 is 2.51 bits per heavy atom. The summed E-state index contributed by atoms with van der Waals surface area (Å²) < 4.78 is 8.76. The van der Waals surface area contributed by atoms with Gasteiger partial charge in [0.05, 0.1) is 23.4 Å². The second kappa shape index (κ2) is 9.34. The quantitative estimate of drug-likeness (QED) is 0.474. The van der Waals surface area contributed by atoms with E-state index in [0.717, 1.165) is 48.1 Å². The Bertz CT molecular complexity index is 1240. The summed E-state index contributed by atoms with van der Waals surface area (Å²) in [6.07, 6.45) is 5.19. The van der Waals surface area contributed by atoms with Gasteiger partial charge in [0, 0.05) is 16.6 Å². The summed E-state index contributed by atoms with van der Waals surface area (Å²) in [6.45, 7) is 9.26. The molecular weight excluding hydrogens is 458 g/mol. The number of aromatic nitrogens is 1. The molecule has 186 valence electrons. The van der Waals surface area contributed by atoms with E-state index in [0.29, 0.717) is 30.5 Å². The predicted octanol–water partition coefficient (Wildman–Crippen LogP) is 5.78. The van der Waals surface area contributed by atoms with Crippen molar-refractivity contribution in [3.63, 3.8) is 0 Å². The molecule has 0 saturated heterocycles. The van der Waals surface area contributed by atoms with E-state index in [-0.39, 0.29) is 17.9 Å². The third-order valence-corrected chi connectivity index (χ3v) is 8.83. The van der Waals surface area contributed by atoms with Gasteiger partial charge >= 0.3 is 0 Å². The molecule has 0 bridgehead atoms. The predicted molar refractivity (Wildman–Crippen MR) is 142 cm³/mol. The van der Waals surface area contributed by atoms with Crippen molar-refractivity contribution >= 4 is 39.1 Å². The molecule has 1 saturated carbocycles. The molecule has 1 aliphatic carbocycles. The van der Waals surface area contributed by atoms with E-state index in [1.165, 1.54) is 4.88 Å². The largest absolute Gasteiger partial charge is 0.494 e. The molecule has 3 aromatic rings. The molecule has 2 aromatic heterocycles. The van der Waals surface area contributed by atoms with Gasteiger partial charge in [-0.3, -0.25) is 14.5 Å². The second-order valence-corrected chi connectivity index (χ2v) is 11.4. The first-order chi connectivity index (χ1) is 16.8. The summed E-state index contributed by atoms with van der Waals surface area (Å²) in [6, 6.07) is 11.8. The van der Waals surface area contributed by atoms with Crippen LogP contribution < -0.4 is 15.0 Å². The molecule has 1 atom stereocenters. The van der Waals surface area contributed by atoms with Crippen LogP contribution in [0.25, 0.3) is 10.2 Å². The van der Waals surface area contributed by atoms with E-state index in [1.807, 2.05) is 44.2 Å². The van der Waals surface area contributed by atoms with Crippen LogP contribution >= 0.6 is 11.3 Å². The Morgan fingerprint density at radius 1 is 1.14 bits per heavy atom. The van der Waals surface area contributed by atoms with Crippen molar-refractivity contribution in [3.8, 4) is 5.75 Å². The van der Waals surface area contributed by atoms with Crippen molar-refractivity contribution < 1.29 is 14.3 Å². The van der Waals surface area contributed by atoms with Crippen LogP contribution in [0.4, 0.5) is 5.69 Å². The van der Waals surface area contributed by atoms with Gasteiger partial charge in [0.1, 0.15) is 17.0 Å². The average Bonchev–Trinajstić information content (AvgIpc) is 3.40. The lowest BCUT2D eigenvalue weighted by molar-refractivity contribution is -0.127. The van der Waals surface area contributed by atoms with Crippen LogP contribution in [0.1, 0.15) is 68.7 Å². The number of amides is 2. The molecule has 1 fully saturated rings. The van der Waals surface area contributed by atoms with Crippen molar-refractivity contribution in [2.24, 2.45) is 5.92 Å². The highest BCUT2D eigenvalue weighted by Crippen LogP contribution is 2.39. The number of carbonyl (C=O) groups excluding carboxylic acids is 2. The number of hydrogen-bond acceptors (Lipinski definition) is 4. The molecule has 1 N–H and O–H groups in total. The molecule has 6 nitrogen and oxygen atoms in total. The van der Waals surface area contributed by atoms with E-state index >= 15 is 0 Å². The minimum Gasteiger partial charge on any atom is -0.494 e. The third-order valence-electron chi connectivity index (χ3n) is 7.62. The Labute approximate surface area is 211 Å². The van der Waals surface area contributed by atoms with E-state index in [9.17, 15) is 9.59 Å². The molecule has 3 heterocycles. The zero-order valence-corrected chi connectivity index (χ0v) is 21.9. The third kappa shape index (κ3) is 4.24. The van der Waals surface area contributed by atoms with Crippen molar-refractivity contribution in [3.05, 3.63) is 47.0 Å². The normalized spacial score (nSPS) is 24.5. The fraction of sp³-hybridized carbons (Fsp3) is 0.500. The van der Waals surface area contributed by atoms with Crippen LogP contribution in [-0.4, -0.2) is 34.6 Å². The number of anilines is 1. The summed E-state index contributed by atoms with van der Waals surface area (Å²) in [5, 5.41) is 3.32. The number of ether oxygens (including phenoxy) is 1. The Hall–Kier alpha value is -2.80. The highest BCUT2D eigenvalue weighted by atomic mass is 32.1. The van der Waals surface area contributed by atoms with Gasteiger partial charge in [0.2, 0.25) is 5.91 Å².